The molecule has 0 atom stereocenters. The van der Waals surface area contributed by atoms with Crippen LogP contribution in [-0.4, -0.2) is 44.0 Å². The van der Waals surface area contributed by atoms with Crippen LogP contribution in [0, 0.1) is 12.8 Å². The van der Waals surface area contributed by atoms with E-state index in [1.54, 1.807) is 36.0 Å². The monoisotopic (exact) mass is 450 g/mol. The zero-order chi connectivity index (χ0) is 20.6. The number of sulfonamides is 1. The Morgan fingerprint density at radius 3 is 2.45 bits per heavy atom. The zero-order valence-corrected chi connectivity index (χ0v) is 18.6. The standard InChI is InChI=1S/C21H23ClN2O3S2/c1-15-2-5-18(6-3-15)29(26,27)23-10-8-16(9-11-23)21(25)24-12-13-28-20-7-4-17(22)14-19(20)24/h2-7,14,16H,8-13H2,1H3. The smallest absolute Gasteiger partial charge is 0.243 e. The number of hydrogen-bond donors (Lipinski definition) is 0. The summed E-state index contributed by atoms with van der Waals surface area (Å²) in [5.74, 6) is 0.747. The van der Waals surface area contributed by atoms with Crippen LogP contribution in [0.15, 0.2) is 52.3 Å². The van der Waals surface area contributed by atoms with Gasteiger partial charge in [0.1, 0.15) is 0 Å². The second-order valence-electron chi connectivity index (χ2n) is 7.44. The molecular formula is C21H23ClN2O3S2. The molecule has 2 aliphatic rings. The average molecular weight is 451 g/mol. The molecule has 2 heterocycles. The highest BCUT2D eigenvalue weighted by Crippen LogP contribution is 2.38. The maximum Gasteiger partial charge on any atom is 0.243 e. The number of piperidine rings is 1. The summed E-state index contributed by atoms with van der Waals surface area (Å²) in [7, 11) is -3.52. The van der Waals surface area contributed by atoms with Crippen LogP contribution in [0.1, 0.15) is 18.4 Å². The summed E-state index contributed by atoms with van der Waals surface area (Å²) >= 11 is 7.88. The highest BCUT2D eigenvalue weighted by molar-refractivity contribution is 7.99. The SMILES string of the molecule is Cc1ccc(S(=O)(=O)N2CCC(C(=O)N3CCSc4ccc(Cl)cc43)CC2)cc1. The van der Waals surface area contributed by atoms with E-state index in [0.717, 1.165) is 21.9 Å². The van der Waals surface area contributed by atoms with Crippen LogP contribution in [0.4, 0.5) is 5.69 Å². The van der Waals surface area contributed by atoms with E-state index in [-0.39, 0.29) is 11.8 Å². The molecule has 0 aliphatic carbocycles. The first kappa shape index (κ1) is 20.7. The maximum atomic E-state index is 13.2. The summed E-state index contributed by atoms with van der Waals surface area (Å²) in [5.41, 5.74) is 1.89. The number of carbonyl (C=O) groups excluding carboxylic acids is 1. The minimum absolute atomic E-state index is 0.0706. The van der Waals surface area contributed by atoms with Gasteiger partial charge in [-0.25, -0.2) is 8.42 Å². The van der Waals surface area contributed by atoms with Gasteiger partial charge >= 0.3 is 0 Å². The summed E-state index contributed by atoms with van der Waals surface area (Å²) in [6.45, 7) is 3.30. The van der Waals surface area contributed by atoms with Gasteiger partial charge in [-0.2, -0.15) is 4.31 Å². The maximum absolute atomic E-state index is 13.2. The third-order valence-electron chi connectivity index (χ3n) is 5.51. The van der Waals surface area contributed by atoms with Gasteiger partial charge in [-0.15, -0.1) is 11.8 Å². The second kappa shape index (κ2) is 8.30. The van der Waals surface area contributed by atoms with Gasteiger partial charge < -0.3 is 4.90 Å². The lowest BCUT2D eigenvalue weighted by Gasteiger charge is -2.35. The predicted octanol–water partition coefficient (Wildman–Crippen LogP) is 4.19. The fourth-order valence-corrected chi connectivity index (χ4v) is 6.45. The number of amides is 1. The van der Waals surface area contributed by atoms with Gasteiger partial charge in [0.25, 0.3) is 0 Å². The molecule has 29 heavy (non-hydrogen) atoms. The normalized spacial score (nSPS) is 18.5. The highest BCUT2D eigenvalue weighted by Gasteiger charge is 2.35. The fraction of sp³-hybridized carbons (Fsp3) is 0.381. The van der Waals surface area contributed by atoms with Crippen LogP contribution in [0.2, 0.25) is 5.02 Å². The van der Waals surface area contributed by atoms with Crippen LogP contribution in [0.5, 0.6) is 0 Å². The van der Waals surface area contributed by atoms with Crippen molar-refractivity contribution in [2.45, 2.75) is 29.6 Å². The number of thioether (sulfide) groups is 1. The van der Waals surface area contributed by atoms with E-state index >= 15 is 0 Å². The molecule has 0 N–H and O–H groups in total. The minimum Gasteiger partial charge on any atom is -0.310 e. The van der Waals surface area contributed by atoms with Gasteiger partial charge in [0.15, 0.2) is 0 Å². The molecule has 154 valence electrons. The number of hydrogen-bond acceptors (Lipinski definition) is 4. The number of benzene rings is 2. The third-order valence-corrected chi connectivity index (χ3v) is 8.70. The van der Waals surface area contributed by atoms with Gasteiger partial charge in [-0.3, -0.25) is 4.79 Å². The number of halogens is 1. The molecule has 1 fully saturated rings. The quantitative estimate of drug-likeness (QED) is 0.703. The highest BCUT2D eigenvalue weighted by atomic mass is 35.5. The van der Waals surface area contributed by atoms with Crippen LogP contribution < -0.4 is 4.90 Å². The number of fused-ring (bicyclic) bond motifs is 1. The van der Waals surface area contributed by atoms with E-state index in [4.69, 9.17) is 11.6 Å². The number of aryl methyl sites for hydroxylation is 1. The van der Waals surface area contributed by atoms with Gasteiger partial charge in [0.2, 0.25) is 15.9 Å². The van der Waals surface area contributed by atoms with E-state index in [9.17, 15) is 13.2 Å². The first-order valence-corrected chi connectivity index (χ1v) is 12.5. The second-order valence-corrected chi connectivity index (χ2v) is 11.0. The van der Waals surface area contributed by atoms with Crippen molar-refractivity contribution in [1.29, 1.82) is 0 Å². The molecule has 0 aromatic heterocycles. The Bertz CT molecular complexity index is 1020. The molecular weight excluding hydrogens is 428 g/mol. The van der Waals surface area contributed by atoms with Crippen LogP contribution in [0.3, 0.4) is 0 Å². The Labute approximate surface area is 181 Å². The Kier molecular flexibility index (Phi) is 5.93. The van der Waals surface area contributed by atoms with E-state index in [1.807, 2.05) is 30.0 Å². The number of nitrogens with zero attached hydrogens (tertiary/aromatic N) is 2. The van der Waals surface area contributed by atoms with E-state index in [2.05, 4.69) is 0 Å². The molecule has 0 bridgehead atoms. The molecule has 2 aliphatic heterocycles. The van der Waals surface area contributed by atoms with E-state index in [0.29, 0.717) is 42.4 Å². The summed E-state index contributed by atoms with van der Waals surface area (Å²) in [5, 5.41) is 0.614. The summed E-state index contributed by atoms with van der Waals surface area (Å²) in [6.07, 6.45) is 1.06. The van der Waals surface area contributed by atoms with Crippen molar-refractivity contribution in [3.8, 4) is 0 Å². The molecule has 0 radical (unpaired) electrons. The van der Waals surface area contributed by atoms with Crippen molar-refractivity contribution in [1.82, 2.24) is 4.31 Å². The predicted molar refractivity (Wildman–Crippen MR) is 117 cm³/mol. The Morgan fingerprint density at radius 2 is 1.76 bits per heavy atom. The van der Waals surface area contributed by atoms with Gasteiger partial charge in [0, 0.05) is 41.2 Å². The lowest BCUT2D eigenvalue weighted by atomic mass is 9.96. The molecule has 5 nitrogen and oxygen atoms in total. The lowest BCUT2D eigenvalue weighted by Crippen LogP contribution is -2.45. The Hall–Kier alpha value is -1.54. The first-order valence-electron chi connectivity index (χ1n) is 9.67. The topological polar surface area (TPSA) is 57.7 Å². The molecule has 2 aromatic carbocycles. The molecule has 4 rings (SSSR count). The zero-order valence-electron chi connectivity index (χ0n) is 16.2. The van der Waals surface area contributed by atoms with Crippen LogP contribution in [0.25, 0.3) is 0 Å². The fourth-order valence-electron chi connectivity index (χ4n) is 3.84. The molecule has 2 aromatic rings. The van der Waals surface area contributed by atoms with Crippen molar-refractivity contribution in [3.05, 3.63) is 53.1 Å². The molecule has 0 spiro atoms. The third kappa shape index (κ3) is 4.19. The van der Waals surface area contributed by atoms with Crippen LogP contribution >= 0.6 is 23.4 Å². The first-order chi connectivity index (χ1) is 13.9. The van der Waals surface area contributed by atoms with Crippen molar-refractivity contribution in [3.63, 3.8) is 0 Å². The lowest BCUT2D eigenvalue weighted by molar-refractivity contribution is -0.123. The molecule has 0 saturated carbocycles. The molecule has 1 amide bonds. The summed E-state index contributed by atoms with van der Waals surface area (Å²) in [6, 6.07) is 12.6. The van der Waals surface area contributed by atoms with Gasteiger partial charge in [0.05, 0.1) is 10.6 Å². The van der Waals surface area contributed by atoms with Crippen molar-refractivity contribution < 1.29 is 13.2 Å². The molecule has 8 heteroatoms. The molecule has 1 saturated heterocycles. The van der Waals surface area contributed by atoms with Crippen LogP contribution in [-0.2, 0) is 14.8 Å². The molecule has 0 unspecified atom stereocenters. The number of rotatable bonds is 3. The summed E-state index contributed by atoms with van der Waals surface area (Å²) in [4.78, 5) is 16.4. The Morgan fingerprint density at radius 1 is 1.07 bits per heavy atom. The van der Waals surface area contributed by atoms with Crippen molar-refractivity contribution >= 4 is 45.0 Å². The van der Waals surface area contributed by atoms with Crippen molar-refractivity contribution in [2.75, 3.05) is 30.3 Å². The average Bonchev–Trinajstić information content (AvgIpc) is 2.73. The Balaban J connectivity index is 1.46. The number of carbonyl (C=O) groups is 1. The van der Waals surface area contributed by atoms with Crippen molar-refractivity contribution in [2.24, 2.45) is 5.92 Å². The van der Waals surface area contributed by atoms with Gasteiger partial charge in [-0.1, -0.05) is 29.3 Å². The van der Waals surface area contributed by atoms with E-state index < -0.39 is 10.0 Å². The largest absolute Gasteiger partial charge is 0.310 e. The number of anilines is 1. The van der Waals surface area contributed by atoms with Gasteiger partial charge in [-0.05, 0) is 50.1 Å². The minimum atomic E-state index is -3.52. The summed E-state index contributed by atoms with van der Waals surface area (Å²) < 4.78 is 27.3. The van der Waals surface area contributed by atoms with E-state index in [1.165, 1.54) is 4.31 Å².